The maximum Gasteiger partial charge on any atom is 0.251 e. The van der Waals surface area contributed by atoms with Crippen molar-refractivity contribution in [2.45, 2.75) is 17.1 Å². The van der Waals surface area contributed by atoms with Crippen LogP contribution in [0.4, 0.5) is 0 Å². The van der Waals surface area contributed by atoms with E-state index < -0.39 is 21.0 Å². The molecule has 0 aliphatic carbocycles. The lowest BCUT2D eigenvalue weighted by molar-refractivity contribution is 0.0953. The lowest BCUT2D eigenvalue weighted by Crippen LogP contribution is -2.31. The average Bonchev–Trinajstić information content (AvgIpc) is 3.22. The second-order valence-electron chi connectivity index (χ2n) is 6.30. The number of methoxy groups -OCH3 is 1. The van der Waals surface area contributed by atoms with E-state index in [1.54, 1.807) is 60.7 Å². The summed E-state index contributed by atoms with van der Waals surface area (Å²) in [5.74, 6) is 0.420. The minimum absolute atomic E-state index is 0.125. The predicted molar refractivity (Wildman–Crippen MR) is 105 cm³/mol. The van der Waals surface area contributed by atoms with Crippen LogP contribution in [0.1, 0.15) is 26.9 Å². The third-order valence-electron chi connectivity index (χ3n) is 4.36. The fraction of sp³-hybridized carbons (Fsp3) is 0.190. The zero-order valence-electron chi connectivity index (χ0n) is 15.6. The van der Waals surface area contributed by atoms with Crippen LogP contribution in [0.3, 0.4) is 0 Å². The van der Waals surface area contributed by atoms with E-state index >= 15 is 0 Å². The van der Waals surface area contributed by atoms with Crippen molar-refractivity contribution in [1.29, 1.82) is 0 Å². The molecule has 0 saturated heterocycles. The van der Waals surface area contributed by atoms with Crippen LogP contribution in [0.15, 0.2) is 76.2 Å². The Labute approximate surface area is 164 Å². The number of amides is 1. The number of hydrogen-bond donors (Lipinski definition) is 1. The molecule has 1 aromatic heterocycles. The van der Waals surface area contributed by atoms with E-state index in [1.165, 1.54) is 13.4 Å². The normalized spacial score (nSPS) is 12.4. The molecule has 1 atom stereocenters. The highest BCUT2D eigenvalue weighted by molar-refractivity contribution is 7.91. The van der Waals surface area contributed by atoms with E-state index in [2.05, 4.69) is 5.32 Å². The van der Waals surface area contributed by atoms with E-state index in [0.29, 0.717) is 11.3 Å². The predicted octanol–water partition coefficient (Wildman–Crippen LogP) is 3.54. The highest BCUT2D eigenvalue weighted by Gasteiger charge is 2.32. The van der Waals surface area contributed by atoms with E-state index in [1.807, 2.05) is 6.92 Å². The number of nitrogens with one attached hydrogen (secondary N) is 1. The molecule has 0 fully saturated rings. The van der Waals surface area contributed by atoms with Crippen molar-refractivity contribution in [3.8, 4) is 5.75 Å². The highest BCUT2D eigenvalue weighted by atomic mass is 32.2. The summed E-state index contributed by atoms with van der Waals surface area (Å²) < 4.78 is 36.8. The fourth-order valence-electron chi connectivity index (χ4n) is 2.78. The molecular formula is C21H21NO5S. The number of rotatable bonds is 7. The van der Waals surface area contributed by atoms with Crippen molar-refractivity contribution in [3.05, 3.63) is 83.8 Å². The van der Waals surface area contributed by atoms with Gasteiger partial charge < -0.3 is 14.5 Å². The number of hydrogen-bond acceptors (Lipinski definition) is 5. The van der Waals surface area contributed by atoms with Gasteiger partial charge in [0.25, 0.3) is 5.91 Å². The van der Waals surface area contributed by atoms with Gasteiger partial charge in [-0.05, 0) is 49.4 Å². The van der Waals surface area contributed by atoms with Crippen molar-refractivity contribution < 1.29 is 22.4 Å². The monoisotopic (exact) mass is 399 g/mol. The van der Waals surface area contributed by atoms with Crippen molar-refractivity contribution in [3.63, 3.8) is 0 Å². The van der Waals surface area contributed by atoms with Crippen LogP contribution in [-0.2, 0) is 9.84 Å². The van der Waals surface area contributed by atoms with E-state index in [9.17, 15) is 13.2 Å². The Bertz CT molecular complexity index is 1040. The summed E-state index contributed by atoms with van der Waals surface area (Å²) in [5.41, 5.74) is 1.34. The van der Waals surface area contributed by atoms with Gasteiger partial charge in [-0.25, -0.2) is 8.42 Å². The molecule has 0 aliphatic rings. The molecule has 1 heterocycles. The molecule has 3 rings (SSSR count). The van der Waals surface area contributed by atoms with Gasteiger partial charge in [-0.1, -0.05) is 23.8 Å². The Balaban J connectivity index is 1.85. The minimum Gasteiger partial charge on any atom is -0.497 e. The third-order valence-corrected chi connectivity index (χ3v) is 6.44. The molecule has 0 radical (unpaired) electrons. The average molecular weight is 399 g/mol. The number of furan rings is 1. The Morgan fingerprint density at radius 1 is 1.11 bits per heavy atom. The standard InChI is InChI=1S/C21H21NO5S/c1-15-8-10-18(11-9-15)28(24,25)20(19-7-4-12-27-19)14-22-21(23)16-5-3-6-17(13-16)26-2/h3-13,20H,14H2,1-2H3,(H,22,23)/t20-/m0/s1. The van der Waals surface area contributed by atoms with Crippen molar-refractivity contribution >= 4 is 15.7 Å². The maximum atomic E-state index is 13.2. The van der Waals surface area contributed by atoms with Crippen LogP contribution in [0.2, 0.25) is 0 Å². The maximum absolute atomic E-state index is 13.2. The number of carbonyl (C=O) groups excluding carboxylic acids is 1. The highest BCUT2D eigenvalue weighted by Crippen LogP contribution is 2.29. The van der Waals surface area contributed by atoms with Crippen molar-refractivity contribution in [2.75, 3.05) is 13.7 Å². The molecule has 0 bridgehead atoms. The van der Waals surface area contributed by atoms with Gasteiger partial charge in [0.1, 0.15) is 16.8 Å². The quantitative estimate of drug-likeness (QED) is 0.657. The van der Waals surface area contributed by atoms with Gasteiger partial charge in [-0.15, -0.1) is 0 Å². The van der Waals surface area contributed by atoms with E-state index in [4.69, 9.17) is 9.15 Å². The molecule has 146 valence electrons. The number of aryl methyl sites for hydroxylation is 1. The number of carbonyl (C=O) groups is 1. The first-order chi connectivity index (χ1) is 13.4. The molecule has 7 heteroatoms. The van der Waals surface area contributed by atoms with E-state index in [-0.39, 0.29) is 17.2 Å². The SMILES string of the molecule is COc1cccc(C(=O)NC[C@@H](c2ccco2)S(=O)(=O)c2ccc(C)cc2)c1. The number of sulfone groups is 1. The largest absolute Gasteiger partial charge is 0.497 e. The Kier molecular flexibility index (Phi) is 5.84. The fourth-order valence-corrected chi connectivity index (χ4v) is 4.37. The Morgan fingerprint density at radius 2 is 1.86 bits per heavy atom. The summed E-state index contributed by atoms with van der Waals surface area (Å²) in [6.07, 6.45) is 1.41. The van der Waals surface area contributed by atoms with Crippen molar-refractivity contribution in [2.24, 2.45) is 0 Å². The van der Waals surface area contributed by atoms with Gasteiger partial charge in [-0.3, -0.25) is 4.79 Å². The zero-order valence-corrected chi connectivity index (χ0v) is 16.4. The van der Waals surface area contributed by atoms with Crippen LogP contribution in [0, 0.1) is 6.92 Å². The Morgan fingerprint density at radius 3 is 2.50 bits per heavy atom. The van der Waals surface area contributed by atoms with Gasteiger partial charge in [0.15, 0.2) is 9.84 Å². The molecule has 0 aliphatic heterocycles. The van der Waals surface area contributed by atoms with Crippen LogP contribution in [-0.4, -0.2) is 28.0 Å². The van der Waals surface area contributed by atoms with Crippen LogP contribution in [0.5, 0.6) is 5.75 Å². The molecule has 28 heavy (non-hydrogen) atoms. The molecule has 1 N–H and O–H groups in total. The summed E-state index contributed by atoms with van der Waals surface area (Å²) in [5, 5.41) is 1.65. The summed E-state index contributed by atoms with van der Waals surface area (Å²) in [7, 11) is -2.25. The van der Waals surface area contributed by atoms with Gasteiger partial charge in [0.2, 0.25) is 0 Å². The number of benzene rings is 2. The molecule has 0 spiro atoms. The van der Waals surface area contributed by atoms with Crippen LogP contribution >= 0.6 is 0 Å². The van der Waals surface area contributed by atoms with Crippen molar-refractivity contribution in [1.82, 2.24) is 5.32 Å². The Hall–Kier alpha value is -3.06. The lowest BCUT2D eigenvalue weighted by Gasteiger charge is -2.17. The van der Waals surface area contributed by atoms with Gasteiger partial charge >= 0.3 is 0 Å². The molecule has 0 saturated carbocycles. The topological polar surface area (TPSA) is 85.6 Å². The van der Waals surface area contributed by atoms with E-state index in [0.717, 1.165) is 5.56 Å². The van der Waals surface area contributed by atoms with Gasteiger partial charge in [0.05, 0.1) is 18.3 Å². The molecule has 1 amide bonds. The molecule has 2 aromatic carbocycles. The van der Waals surface area contributed by atoms with Crippen LogP contribution < -0.4 is 10.1 Å². The number of ether oxygens (including phenoxy) is 1. The first-order valence-electron chi connectivity index (χ1n) is 8.68. The third kappa shape index (κ3) is 4.26. The molecule has 3 aromatic rings. The first kappa shape index (κ1) is 19.7. The lowest BCUT2D eigenvalue weighted by atomic mass is 10.2. The van der Waals surface area contributed by atoms with Gasteiger partial charge in [0, 0.05) is 12.1 Å². The van der Waals surface area contributed by atoms with Crippen LogP contribution in [0.25, 0.3) is 0 Å². The first-order valence-corrected chi connectivity index (χ1v) is 10.2. The minimum atomic E-state index is -3.76. The summed E-state index contributed by atoms with van der Waals surface area (Å²) in [4.78, 5) is 12.7. The second kappa shape index (κ2) is 8.31. The van der Waals surface area contributed by atoms with Gasteiger partial charge in [-0.2, -0.15) is 0 Å². The summed E-state index contributed by atoms with van der Waals surface area (Å²) in [6.45, 7) is 1.76. The zero-order chi connectivity index (χ0) is 20.1. The molecule has 0 unspecified atom stereocenters. The smallest absolute Gasteiger partial charge is 0.251 e. The summed E-state index contributed by atoms with van der Waals surface area (Å²) >= 11 is 0. The second-order valence-corrected chi connectivity index (χ2v) is 8.43. The molecular weight excluding hydrogens is 378 g/mol. The molecule has 6 nitrogen and oxygen atoms in total. The summed E-state index contributed by atoms with van der Waals surface area (Å²) in [6, 6.07) is 16.5.